The topological polar surface area (TPSA) is 44.8 Å². The highest BCUT2D eigenvalue weighted by atomic mass is 35.5. The number of nitrogens with zero attached hydrogens (tertiary/aromatic N) is 2. The Bertz CT molecular complexity index is 911. The van der Waals surface area contributed by atoms with Gasteiger partial charge in [-0.3, -0.25) is 0 Å². The number of fused-ring (bicyclic) bond motifs is 2. The quantitative estimate of drug-likeness (QED) is 0.640. The summed E-state index contributed by atoms with van der Waals surface area (Å²) in [5.74, 6) is 1.38. The first-order chi connectivity index (χ1) is 15.5. The fraction of sp³-hybridized carbons (Fsp3) is 0.500. The van der Waals surface area contributed by atoms with Crippen molar-refractivity contribution in [3.05, 3.63) is 59.1 Å². The van der Waals surface area contributed by atoms with E-state index in [-0.39, 0.29) is 6.03 Å². The highest BCUT2D eigenvalue weighted by Crippen LogP contribution is 2.36. The third-order valence-electron chi connectivity index (χ3n) is 7.59. The zero-order chi connectivity index (χ0) is 22.1. The van der Waals surface area contributed by atoms with E-state index in [0.29, 0.717) is 24.1 Å². The Morgan fingerprint density at radius 2 is 1.56 bits per heavy atom. The van der Waals surface area contributed by atoms with E-state index in [1.807, 2.05) is 41.3 Å². The molecule has 2 aromatic rings. The number of carbonyl (C=O) groups excluding carboxylic acids is 1. The molecule has 6 heteroatoms. The van der Waals surface area contributed by atoms with Crippen LogP contribution in [0.1, 0.15) is 50.0 Å². The fourth-order valence-corrected chi connectivity index (χ4v) is 5.75. The monoisotopic (exact) mass is 453 g/mol. The number of nitrogens with one attached hydrogen (secondary N) is 1. The summed E-state index contributed by atoms with van der Waals surface area (Å²) in [6.45, 7) is 1.53. The molecule has 3 fully saturated rings. The van der Waals surface area contributed by atoms with Gasteiger partial charge < -0.3 is 19.9 Å². The van der Waals surface area contributed by atoms with Gasteiger partial charge in [-0.15, -0.1) is 0 Å². The van der Waals surface area contributed by atoms with E-state index < -0.39 is 0 Å². The van der Waals surface area contributed by atoms with Gasteiger partial charge in [0.2, 0.25) is 0 Å². The van der Waals surface area contributed by atoms with Crippen LogP contribution in [-0.4, -0.2) is 54.2 Å². The average Bonchev–Trinajstić information content (AvgIpc) is 3.01. The van der Waals surface area contributed by atoms with Crippen molar-refractivity contribution in [1.29, 1.82) is 0 Å². The van der Waals surface area contributed by atoms with E-state index >= 15 is 0 Å². The first kappa shape index (κ1) is 21.6. The van der Waals surface area contributed by atoms with Gasteiger partial charge in [-0.2, -0.15) is 0 Å². The second-order valence-electron chi connectivity index (χ2n) is 9.53. The third kappa shape index (κ3) is 4.74. The number of anilines is 1. The molecule has 0 radical (unpaired) electrons. The minimum Gasteiger partial charge on any atom is -0.490 e. The molecule has 0 spiro atoms. The summed E-state index contributed by atoms with van der Waals surface area (Å²) in [6.07, 6.45) is 7.05. The van der Waals surface area contributed by atoms with Gasteiger partial charge >= 0.3 is 6.03 Å². The summed E-state index contributed by atoms with van der Waals surface area (Å²) in [5.41, 5.74) is 2.12. The molecule has 2 amide bonds. The first-order valence-electron chi connectivity index (χ1n) is 11.9. The lowest BCUT2D eigenvalue weighted by Gasteiger charge is -2.36. The van der Waals surface area contributed by atoms with Crippen LogP contribution in [0.5, 0.6) is 5.75 Å². The van der Waals surface area contributed by atoms with Gasteiger partial charge in [0.15, 0.2) is 0 Å². The summed E-state index contributed by atoms with van der Waals surface area (Å²) in [7, 11) is 2.25. The maximum atomic E-state index is 12.7. The molecule has 5 rings (SSSR count). The molecule has 2 bridgehead atoms. The van der Waals surface area contributed by atoms with Crippen LogP contribution in [0.3, 0.4) is 0 Å². The number of benzene rings is 2. The van der Waals surface area contributed by atoms with Gasteiger partial charge in [0.25, 0.3) is 0 Å². The number of halogens is 1. The van der Waals surface area contributed by atoms with Crippen molar-refractivity contribution in [1.82, 2.24) is 9.80 Å². The number of piperidine rings is 2. The van der Waals surface area contributed by atoms with Gasteiger partial charge in [-0.25, -0.2) is 4.79 Å². The minimum atomic E-state index is -0.0277. The van der Waals surface area contributed by atoms with E-state index in [4.69, 9.17) is 16.3 Å². The van der Waals surface area contributed by atoms with E-state index in [0.717, 1.165) is 55.2 Å². The summed E-state index contributed by atoms with van der Waals surface area (Å²) in [4.78, 5) is 17.2. The number of urea groups is 1. The Labute approximate surface area is 195 Å². The van der Waals surface area contributed by atoms with Crippen LogP contribution in [0.25, 0.3) is 0 Å². The smallest absolute Gasteiger partial charge is 0.321 e. The van der Waals surface area contributed by atoms with Crippen molar-refractivity contribution >= 4 is 23.3 Å². The average molecular weight is 454 g/mol. The summed E-state index contributed by atoms with van der Waals surface area (Å²) in [6, 6.07) is 17.2. The second kappa shape index (κ2) is 9.32. The fourth-order valence-electron chi connectivity index (χ4n) is 5.62. The number of likely N-dealkylation sites (tertiary alicyclic amines) is 1. The predicted molar refractivity (Wildman–Crippen MR) is 129 cm³/mol. The molecule has 32 heavy (non-hydrogen) atoms. The zero-order valence-corrected chi connectivity index (χ0v) is 19.4. The Morgan fingerprint density at radius 1 is 0.938 bits per heavy atom. The second-order valence-corrected chi connectivity index (χ2v) is 9.97. The molecule has 2 aromatic carbocycles. The molecule has 5 nitrogen and oxygen atoms in total. The number of ether oxygens (including phenoxy) is 1. The van der Waals surface area contributed by atoms with Crippen LogP contribution < -0.4 is 10.1 Å². The SMILES string of the molecule is CN1[C@@H]2CC[C@H]1C[C@@H](Oc1ccc(NC(=O)N3CCC(c4ccc(Cl)cc4)CC3)cc1)C2. The molecule has 3 aliphatic rings. The molecule has 0 aliphatic carbocycles. The van der Waals surface area contributed by atoms with Gasteiger partial charge in [-0.1, -0.05) is 23.7 Å². The molecule has 0 aromatic heterocycles. The molecule has 0 unspecified atom stereocenters. The van der Waals surface area contributed by atoms with Gasteiger partial charge in [-0.05, 0) is 93.5 Å². The molecule has 3 heterocycles. The van der Waals surface area contributed by atoms with Crippen molar-refractivity contribution in [2.45, 2.75) is 62.6 Å². The number of hydrogen-bond donors (Lipinski definition) is 1. The lowest BCUT2D eigenvalue weighted by molar-refractivity contribution is 0.0662. The summed E-state index contributed by atoms with van der Waals surface area (Å²) >= 11 is 6.00. The Hall–Kier alpha value is -2.24. The Morgan fingerprint density at radius 3 is 2.19 bits per heavy atom. The maximum absolute atomic E-state index is 12.7. The van der Waals surface area contributed by atoms with Crippen molar-refractivity contribution < 1.29 is 9.53 Å². The van der Waals surface area contributed by atoms with Gasteiger partial charge in [0.05, 0.1) is 0 Å². The third-order valence-corrected chi connectivity index (χ3v) is 7.84. The van der Waals surface area contributed by atoms with E-state index in [2.05, 4.69) is 29.4 Å². The molecule has 1 N–H and O–H groups in total. The zero-order valence-electron chi connectivity index (χ0n) is 18.7. The number of amides is 2. The van der Waals surface area contributed by atoms with Gasteiger partial charge in [0.1, 0.15) is 11.9 Å². The highest BCUT2D eigenvalue weighted by Gasteiger charge is 2.39. The van der Waals surface area contributed by atoms with Gasteiger partial charge in [0, 0.05) is 35.9 Å². The number of carbonyl (C=O) groups is 1. The number of hydrogen-bond acceptors (Lipinski definition) is 3. The van der Waals surface area contributed by atoms with Crippen LogP contribution in [0.4, 0.5) is 10.5 Å². The molecule has 3 atom stereocenters. The largest absolute Gasteiger partial charge is 0.490 e. The molecule has 170 valence electrons. The van der Waals surface area contributed by atoms with Crippen molar-refractivity contribution in [3.8, 4) is 5.75 Å². The minimum absolute atomic E-state index is 0.0277. The first-order valence-corrected chi connectivity index (χ1v) is 12.2. The molecular formula is C26H32ClN3O2. The van der Waals surface area contributed by atoms with Crippen molar-refractivity contribution in [3.63, 3.8) is 0 Å². The van der Waals surface area contributed by atoms with Crippen molar-refractivity contribution in [2.75, 3.05) is 25.5 Å². The molecule has 3 saturated heterocycles. The molecule has 0 saturated carbocycles. The standard InChI is InChI=1S/C26H32ClN3O2/c1-29-22-8-9-23(29)17-25(16-22)32-24-10-6-21(7-11-24)28-26(31)30-14-12-19(13-15-30)18-2-4-20(27)5-3-18/h2-7,10-11,19,22-23,25H,8-9,12-17H2,1H3,(H,28,31)/t22-,23+,25+. The van der Waals surface area contributed by atoms with E-state index in [9.17, 15) is 4.79 Å². The normalized spacial score (nSPS) is 26.2. The van der Waals surface area contributed by atoms with Crippen LogP contribution in [-0.2, 0) is 0 Å². The van der Waals surface area contributed by atoms with Crippen LogP contribution in [0.2, 0.25) is 5.02 Å². The lowest BCUT2D eigenvalue weighted by atomic mass is 9.89. The Balaban J connectivity index is 1.10. The predicted octanol–water partition coefficient (Wildman–Crippen LogP) is 5.76. The van der Waals surface area contributed by atoms with Crippen molar-refractivity contribution in [2.24, 2.45) is 0 Å². The van der Waals surface area contributed by atoms with Crippen LogP contribution in [0, 0.1) is 0 Å². The summed E-state index contributed by atoms with van der Waals surface area (Å²) < 4.78 is 6.26. The maximum Gasteiger partial charge on any atom is 0.321 e. The summed E-state index contributed by atoms with van der Waals surface area (Å²) in [5, 5.41) is 3.81. The molecule has 3 aliphatic heterocycles. The van der Waals surface area contributed by atoms with Crippen LogP contribution in [0.15, 0.2) is 48.5 Å². The Kier molecular flexibility index (Phi) is 6.29. The molecular weight excluding hydrogens is 422 g/mol. The lowest BCUT2D eigenvalue weighted by Crippen LogP contribution is -2.43. The van der Waals surface area contributed by atoms with E-state index in [1.54, 1.807) is 0 Å². The van der Waals surface area contributed by atoms with E-state index in [1.165, 1.54) is 18.4 Å². The highest BCUT2D eigenvalue weighted by molar-refractivity contribution is 6.30. The van der Waals surface area contributed by atoms with Crippen LogP contribution >= 0.6 is 11.6 Å². The number of rotatable bonds is 4.